The van der Waals surface area contributed by atoms with Crippen LogP contribution in [0.25, 0.3) is 10.8 Å². The van der Waals surface area contributed by atoms with Gasteiger partial charge in [0.25, 0.3) is 0 Å². The van der Waals surface area contributed by atoms with Crippen molar-refractivity contribution < 1.29 is 29.4 Å². The van der Waals surface area contributed by atoms with Crippen LogP contribution < -0.4 is 4.74 Å². The molecule has 8 nitrogen and oxygen atoms in total. The lowest BCUT2D eigenvalue weighted by atomic mass is 9.96. The minimum atomic E-state index is -1.82. The second-order valence-electron chi connectivity index (χ2n) is 7.17. The summed E-state index contributed by atoms with van der Waals surface area (Å²) in [4.78, 5) is 26.3. The van der Waals surface area contributed by atoms with Crippen molar-refractivity contribution in [3.05, 3.63) is 77.9 Å². The highest BCUT2D eigenvalue weighted by molar-refractivity contribution is 6.27. The van der Waals surface area contributed by atoms with E-state index in [2.05, 4.69) is 66.4 Å². The molecule has 0 bridgehead atoms. The maximum Gasteiger partial charge on any atom is 0.414 e. The standard InChI is InChI=1S/C24H28N2O2.C2H2O4/c1-4-26(5-2)17-18-28-25-24(20-13-15-21(27-3)16-14-20)23-12-8-10-19-9-6-7-11-22(19)23;3-1(4)2(5)6/h6-16H,4-5,17-18H2,1-3H3;(H,3,4)(H,5,6)/b25-24+;. The van der Waals surface area contributed by atoms with Crippen LogP contribution in [0.3, 0.4) is 0 Å². The number of oxime groups is 1. The number of benzene rings is 3. The lowest BCUT2D eigenvalue weighted by Gasteiger charge is -2.17. The Kier molecular flexibility index (Phi) is 10.5. The van der Waals surface area contributed by atoms with Gasteiger partial charge in [-0.1, -0.05) is 61.5 Å². The maximum atomic E-state index is 9.10. The molecule has 0 saturated carbocycles. The van der Waals surface area contributed by atoms with Crippen molar-refractivity contribution >= 4 is 28.4 Å². The van der Waals surface area contributed by atoms with Crippen molar-refractivity contribution in [3.63, 3.8) is 0 Å². The first-order valence-corrected chi connectivity index (χ1v) is 10.9. The zero-order valence-electron chi connectivity index (χ0n) is 19.6. The minimum absolute atomic E-state index is 0.562. The fraction of sp³-hybridized carbons (Fsp3) is 0.269. The largest absolute Gasteiger partial charge is 0.497 e. The number of likely N-dealkylation sites (N-methyl/N-ethyl adjacent to an activating group) is 1. The molecule has 0 heterocycles. The summed E-state index contributed by atoms with van der Waals surface area (Å²) in [6, 6.07) is 22.6. The number of ether oxygens (including phenoxy) is 1. The van der Waals surface area contributed by atoms with E-state index in [1.54, 1.807) is 7.11 Å². The smallest absolute Gasteiger partial charge is 0.414 e. The third-order valence-corrected chi connectivity index (χ3v) is 5.14. The van der Waals surface area contributed by atoms with E-state index in [1.807, 2.05) is 24.3 Å². The van der Waals surface area contributed by atoms with E-state index in [0.717, 1.165) is 47.6 Å². The van der Waals surface area contributed by atoms with Gasteiger partial charge >= 0.3 is 11.9 Å². The summed E-state index contributed by atoms with van der Waals surface area (Å²) in [6.07, 6.45) is 0. The first-order valence-electron chi connectivity index (χ1n) is 10.9. The Balaban J connectivity index is 0.000000604. The molecule has 0 aliphatic heterocycles. The molecular weight excluding hydrogens is 436 g/mol. The lowest BCUT2D eigenvalue weighted by Crippen LogP contribution is -2.26. The van der Waals surface area contributed by atoms with E-state index in [9.17, 15) is 0 Å². The van der Waals surface area contributed by atoms with E-state index in [0.29, 0.717) is 6.61 Å². The van der Waals surface area contributed by atoms with Crippen LogP contribution in [0.4, 0.5) is 0 Å². The number of aliphatic carboxylic acids is 2. The summed E-state index contributed by atoms with van der Waals surface area (Å²) >= 11 is 0. The molecule has 0 fully saturated rings. The van der Waals surface area contributed by atoms with Gasteiger partial charge in [-0.25, -0.2) is 9.59 Å². The number of hydrogen-bond acceptors (Lipinski definition) is 6. The van der Waals surface area contributed by atoms with E-state index in [1.165, 1.54) is 5.39 Å². The number of methoxy groups -OCH3 is 1. The van der Waals surface area contributed by atoms with Crippen molar-refractivity contribution in [2.75, 3.05) is 33.4 Å². The van der Waals surface area contributed by atoms with Gasteiger partial charge in [0, 0.05) is 17.7 Å². The quantitative estimate of drug-likeness (QED) is 0.211. The zero-order valence-corrected chi connectivity index (χ0v) is 19.6. The number of carboxylic acid groups (broad SMARTS) is 2. The molecule has 2 N–H and O–H groups in total. The molecule has 0 aromatic heterocycles. The van der Waals surface area contributed by atoms with Gasteiger partial charge in [0.1, 0.15) is 18.1 Å². The van der Waals surface area contributed by atoms with Crippen LogP contribution in [0.5, 0.6) is 5.75 Å². The second kappa shape index (κ2) is 13.6. The number of hydrogen-bond donors (Lipinski definition) is 2. The second-order valence-corrected chi connectivity index (χ2v) is 7.17. The molecule has 0 aliphatic carbocycles. The molecular formula is C26H30N2O6. The zero-order chi connectivity index (χ0) is 24.9. The SMILES string of the molecule is CCN(CC)CCO/N=C(\c1ccc(OC)cc1)c1cccc2ccccc12.O=C(O)C(=O)O. The first kappa shape index (κ1) is 26.3. The van der Waals surface area contributed by atoms with Crippen molar-refractivity contribution in [2.24, 2.45) is 5.16 Å². The first-order chi connectivity index (χ1) is 16.4. The average molecular weight is 467 g/mol. The van der Waals surface area contributed by atoms with Crippen LogP contribution in [-0.4, -0.2) is 66.1 Å². The van der Waals surface area contributed by atoms with Crippen LogP contribution in [0, 0.1) is 0 Å². The number of nitrogens with zero attached hydrogens (tertiary/aromatic N) is 2. The minimum Gasteiger partial charge on any atom is -0.497 e. The van der Waals surface area contributed by atoms with Gasteiger partial charge in [-0.2, -0.15) is 0 Å². The summed E-state index contributed by atoms with van der Waals surface area (Å²) in [5, 5.41) is 21.7. The predicted octanol–water partition coefficient (Wildman–Crippen LogP) is 4.11. The summed E-state index contributed by atoms with van der Waals surface area (Å²) < 4.78 is 5.30. The number of fused-ring (bicyclic) bond motifs is 1. The number of carbonyl (C=O) groups is 2. The summed E-state index contributed by atoms with van der Waals surface area (Å²) in [7, 11) is 1.67. The molecule has 3 rings (SSSR count). The highest BCUT2D eigenvalue weighted by atomic mass is 16.6. The van der Waals surface area contributed by atoms with Gasteiger partial charge in [-0.3, -0.25) is 0 Å². The van der Waals surface area contributed by atoms with Crippen molar-refractivity contribution in [1.82, 2.24) is 4.90 Å². The molecule has 0 spiro atoms. The third kappa shape index (κ3) is 7.60. The molecule has 0 atom stereocenters. The van der Waals surface area contributed by atoms with Crippen molar-refractivity contribution in [1.29, 1.82) is 0 Å². The Morgan fingerprint density at radius 1 is 0.882 bits per heavy atom. The molecule has 0 aliphatic rings. The van der Waals surface area contributed by atoms with Gasteiger partial charge in [0.05, 0.1) is 7.11 Å². The van der Waals surface area contributed by atoms with Crippen LogP contribution in [0.15, 0.2) is 71.9 Å². The number of rotatable bonds is 9. The third-order valence-electron chi connectivity index (χ3n) is 5.14. The molecule has 0 radical (unpaired) electrons. The summed E-state index contributed by atoms with van der Waals surface area (Å²) in [5.41, 5.74) is 2.89. The highest BCUT2D eigenvalue weighted by Crippen LogP contribution is 2.23. The van der Waals surface area contributed by atoms with Crippen molar-refractivity contribution in [2.45, 2.75) is 13.8 Å². The van der Waals surface area contributed by atoms with E-state index < -0.39 is 11.9 Å². The Bertz CT molecular complexity index is 1090. The fourth-order valence-corrected chi connectivity index (χ4v) is 3.26. The maximum absolute atomic E-state index is 9.10. The Morgan fingerprint density at radius 3 is 2.09 bits per heavy atom. The topological polar surface area (TPSA) is 109 Å². The van der Waals surface area contributed by atoms with E-state index in [-0.39, 0.29) is 0 Å². The van der Waals surface area contributed by atoms with Crippen LogP contribution >= 0.6 is 0 Å². The lowest BCUT2D eigenvalue weighted by molar-refractivity contribution is -0.159. The Labute approximate surface area is 199 Å². The van der Waals surface area contributed by atoms with Crippen LogP contribution in [0.2, 0.25) is 0 Å². The molecule has 8 heteroatoms. The molecule has 3 aromatic rings. The summed E-state index contributed by atoms with van der Waals surface area (Å²) in [6.45, 7) is 7.77. The van der Waals surface area contributed by atoms with E-state index >= 15 is 0 Å². The van der Waals surface area contributed by atoms with Gasteiger partial charge in [0.2, 0.25) is 0 Å². The van der Waals surface area contributed by atoms with Gasteiger partial charge in [0.15, 0.2) is 0 Å². The molecule has 0 unspecified atom stereocenters. The molecule has 0 saturated heterocycles. The van der Waals surface area contributed by atoms with Gasteiger partial charge < -0.3 is 24.7 Å². The van der Waals surface area contributed by atoms with E-state index in [4.69, 9.17) is 29.4 Å². The van der Waals surface area contributed by atoms with Crippen LogP contribution in [0.1, 0.15) is 25.0 Å². The normalized spacial score (nSPS) is 11.0. The monoisotopic (exact) mass is 466 g/mol. The highest BCUT2D eigenvalue weighted by Gasteiger charge is 2.12. The molecule has 180 valence electrons. The Hall–Kier alpha value is -3.91. The average Bonchev–Trinajstić information content (AvgIpc) is 2.86. The van der Waals surface area contributed by atoms with Gasteiger partial charge in [-0.15, -0.1) is 0 Å². The summed E-state index contributed by atoms with van der Waals surface area (Å²) in [5.74, 6) is -2.83. The fourth-order valence-electron chi connectivity index (χ4n) is 3.26. The van der Waals surface area contributed by atoms with Crippen LogP contribution in [-0.2, 0) is 14.4 Å². The molecule has 0 amide bonds. The molecule has 3 aromatic carbocycles. The van der Waals surface area contributed by atoms with Crippen molar-refractivity contribution in [3.8, 4) is 5.75 Å². The predicted molar refractivity (Wildman–Crippen MR) is 132 cm³/mol. The molecule has 34 heavy (non-hydrogen) atoms. The van der Waals surface area contributed by atoms with Gasteiger partial charge in [-0.05, 0) is 48.1 Å². The Morgan fingerprint density at radius 2 is 1.50 bits per heavy atom. The number of carboxylic acids is 2.